The van der Waals surface area contributed by atoms with E-state index in [4.69, 9.17) is 16.3 Å². The van der Waals surface area contributed by atoms with E-state index in [1.54, 1.807) is 48.5 Å². The zero-order valence-corrected chi connectivity index (χ0v) is 28.5. The molecule has 0 unspecified atom stereocenters. The molecule has 254 valence electrons. The Morgan fingerprint density at radius 2 is 2.00 bits per heavy atom. The van der Waals surface area contributed by atoms with E-state index in [0.717, 1.165) is 6.92 Å². The number of hydrogen-bond donors (Lipinski definition) is 1. The maximum atomic E-state index is 14.0. The second kappa shape index (κ2) is 13.7. The minimum Gasteiger partial charge on any atom is -0.491 e. The van der Waals surface area contributed by atoms with Crippen molar-refractivity contribution >= 4 is 55.8 Å². The monoisotopic (exact) mass is 707 g/mol. The minimum atomic E-state index is -2.77. The number of thiophene rings is 1. The molecule has 4 aromatic heterocycles. The molecule has 1 N–H and O–H groups in total. The van der Waals surface area contributed by atoms with Crippen molar-refractivity contribution in [2.45, 2.75) is 45.2 Å². The number of aromatic carboxylic acids is 1. The van der Waals surface area contributed by atoms with E-state index in [1.165, 1.54) is 28.3 Å². The van der Waals surface area contributed by atoms with E-state index in [1.807, 2.05) is 4.90 Å². The molecule has 11 nitrogen and oxygen atoms in total. The summed E-state index contributed by atoms with van der Waals surface area (Å²) in [5.74, 6) is -2.61. The number of aromatic nitrogens is 4. The number of aryl methyl sites for hydroxylation is 1. The van der Waals surface area contributed by atoms with Crippen LogP contribution in [0.3, 0.4) is 0 Å². The number of likely N-dealkylation sites (tertiary alicyclic amines) is 1. The Balaban J connectivity index is 1.26. The minimum absolute atomic E-state index is 0.0482. The van der Waals surface area contributed by atoms with Gasteiger partial charge < -0.3 is 14.7 Å². The van der Waals surface area contributed by atoms with E-state index in [9.17, 15) is 28.7 Å². The molecule has 0 atom stereocenters. The van der Waals surface area contributed by atoms with Crippen LogP contribution >= 0.6 is 22.9 Å². The topological polar surface area (TPSA) is 137 Å². The van der Waals surface area contributed by atoms with Gasteiger partial charge in [0, 0.05) is 60.8 Å². The van der Waals surface area contributed by atoms with Crippen LogP contribution < -0.4 is 15.2 Å². The standard InChI is InChI=1S/C34H32ClF2N7O4S/c1-19-41-26-16-40-31(42(3)21-7-10-43(11-8-21)18-34(2,36)37)24(15-38)28(26)32(45)44(19)12-13-48-27-5-4-20(35)14-23(27)22-6-9-39-29-25(33(46)47)17-49-30(22)29/h4-6,9,14,16-17,21H,7-8,10-13,18H2,1-3H3,(H,46,47). The van der Waals surface area contributed by atoms with Crippen LogP contribution in [0.4, 0.5) is 14.6 Å². The first-order valence-corrected chi connectivity index (χ1v) is 16.8. The third kappa shape index (κ3) is 6.92. The van der Waals surface area contributed by atoms with E-state index < -0.39 is 17.5 Å². The maximum Gasteiger partial charge on any atom is 0.338 e. The molecular formula is C34H32ClF2N7O4S. The summed E-state index contributed by atoms with van der Waals surface area (Å²) >= 11 is 7.62. The van der Waals surface area contributed by atoms with Crippen molar-refractivity contribution in [2.75, 3.05) is 38.2 Å². The van der Waals surface area contributed by atoms with Crippen LogP contribution in [0.5, 0.6) is 5.75 Å². The Labute approximate surface area is 289 Å². The van der Waals surface area contributed by atoms with Crippen molar-refractivity contribution in [2.24, 2.45) is 0 Å². The normalized spacial score (nSPS) is 14.3. The van der Waals surface area contributed by atoms with Crippen LogP contribution in [0.2, 0.25) is 5.02 Å². The Morgan fingerprint density at radius 3 is 2.69 bits per heavy atom. The number of carboxylic acids is 1. The van der Waals surface area contributed by atoms with Crippen molar-refractivity contribution in [1.29, 1.82) is 5.26 Å². The second-order valence-electron chi connectivity index (χ2n) is 12.1. The van der Waals surface area contributed by atoms with Crippen molar-refractivity contribution in [3.8, 4) is 22.9 Å². The number of halogens is 3. The van der Waals surface area contributed by atoms with E-state index in [-0.39, 0.29) is 42.3 Å². The number of ether oxygens (including phenoxy) is 1. The average Bonchev–Trinajstić information content (AvgIpc) is 3.50. The summed E-state index contributed by atoms with van der Waals surface area (Å²) in [6.45, 7) is 3.46. The number of nitriles is 1. The predicted molar refractivity (Wildman–Crippen MR) is 184 cm³/mol. The summed E-state index contributed by atoms with van der Waals surface area (Å²) in [4.78, 5) is 42.6. The lowest BCUT2D eigenvalue weighted by Gasteiger charge is -2.38. The molecule has 0 aliphatic carbocycles. The van der Waals surface area contributed by atoms with Gasteiger partial charge in [-0.1, -0.05) is 11.6 Å². The molecule has 0 spiro atoms. The number of carboxylic acid groups (broad SMARTS) is 1. The number of benzene rings is 1. The van der Waals surface area contributed by atoms with Crippen LogP contribution in [-0.4, -0.2) is 80.7 Å². The van der Waals surface area contributed by atoms with Gasteiger partial charge in [0.15, 0.2) is 0 Å². The van der Waals surface area contributed by atoms with Gasteiger partial charge >= 0.3 is 5.97 Å². The molecule has 0 bridgehead atoms. The fourth-order valence-electron chi connectivity index (χ4n) is 6.36. The van der Waals surface area contributed by atoms with E-state index in [2.05, 4.69) is 21.0 Å². The van der Waals surface area contributed by atoms with Crippen LogP contribution in [0.15, 0.2) is 46.8 Å². The largest absolute Gasteiger partial charge is 0.491 e. The SMILES string of the molecule is Cc1nc2cnc(N(C)C3CCN(CC(C)(F)F)CC3)c(C#N)c2c(=O)n1CCOc1ccc(Cl)cc1-c1ccnc2c(C(=O)O)csc12. The molecule has 0 amide bonds. The quantitative estimate of drug-likeness (QED) is 0.178. The molecule has 1 saturated heterocycles. The zero-order chi connectivity index (χ0) is 35.0. The summed E-state index contributed by atoms with van der Waals surface area (Å²) in [5, 5.41) is 22.0. The van der Waals surface area contributed by atoms with Gasteiger partial charge in [-0.05, 0) is 44.0 Å². The lowest BCUT2D eigenvalue weighted by molar-refractivity contribution is -0.0198. The van der Waals surface area contributed by atoms with Crippen molar-refractivity contribution in [1.82, 2.24) is 24.4 Å². The highest BCUT2D eigenvalue weighted by atomic mass is 35.5. The highest BCUT2D eigenvalue weighted by molar-refractivity contribution is 7.18. The predicted octanol–water partition coefficient (Wildman–Crippen LogP) is 6.23. The third-order valence-electron chi connectivity index (χ3n) is 8.71. The molecule has 1 aromatic carbocycles. The first-order valence-electron chi connectivity index (χ1n) is 15.5. The highest BCUT2D eigenvalue weighted by Gasteiger charge is 2.31. The lowest BCUT2D eigenvalue weighted by Crippen LogP contribution is -2.46. The summed E-state index contributed by atoms with van der Waals surface area (Å²) in [7, 11) is 1.80. The van der Waals surface area contributed by atoms with Crippen molar-refractivity contribution in [3.63, 3.8) is 0 Å². The average molecular weight is 708 g/mol. The first kappa shape index (κ1) is 34.2. The maximum absolute atomic E-state index is 14.0. The smallest absolute Gasteiger partial charge is 0.338 e. The van der Waals surface area contributed by atoms with E-state index >= 15 is 0 Å². The number of hydrogen-bond acceptors (Lipinski definition) is 10. The number of alkyl halides is 2. The van der Waals surface area contributed by atoms with Crippen LogP contribution in [-0.2, 0) is 6.54 Å². The molecule has 0 saturated carbocycles. The number of piperidine rings is 1. The highest BCUT2D eigenvalue weighted by Crippen LogP contribution is 2.39. The molecule has 6 rings (SSSR count). The van der Waals surface area contributed by atoms with Crippen LogP contribution in [0.1, 0.15) is 41.5 Å². The summed E-state index contributed by atoms with van der Waals surface area (Å²) in [6.07, 6.45) is 4.24. The molecule has 49 heavy (non-hydrogen) atoms. The number of anilines is 1. The Bertz CT molecular complexity index is 2170. The number of carbonyl (C=O) groups is 1. The van der Waals surface area contributed by atoms with E-state index in [0.29, 0.717) is 75.2 Å². The van der Waals surface area contributed by atoms with Crippen molar-refractivity contribution in [3.05, 3.63) is 74.4 Å². The number of fused-ring (bicyclic) bond motifs is 2. The first-order chi connectivity index (χ1) is 23.4. The van der Waals surface area contributed by atoms with Gasteiger partial charge in [-0.2, -0.15) is 5.26 Å². The van der Waals surface area contributed by atoms with Crippen molar-refractivity contribution < 1.29 is 23.4 Å². The number of pyridine rings is 2. The third-order valence-corrected chi connectivity index (χ3v) is 9.95. The zero-order valence-electron chi connectivity index (χ0n) is 26.9. The second-order valence-corrected chi connectivity index (χ2v) is 13.4. The molecule has 15 heteroatoms. The fraction of sp³-hybridized carbons (Fsp3) is 0.353. The van der Waals surface area contributed by atoms with Gasteiger partial charge in [-0.15, -0.1) is 11.3 Å². The molecule has 1 fully saturated rings. The molecule has 5 heterocycles. The Morgan fingerprint density at radius 1 is 1.24 bits per heavy atom. The van der Waals surface area contributed by atoms with Gasteiger partial charge in [0.1, 0.15) is 35.6 Å². The van der Waals surface area contributed by atoms with Crippen LogP contribution in [0, 0.1) is 18.3 Å². The molecule has 1 aliphatic rings. The summed E-state index contributed by atoms with van der Waals surface area (Å²) < 4.78 is 35.4. The summed E-state index contributed by atoms with van der Waals surface area (Å²) in [5.41, 5.74) is 1.81. The van der Waals surface area contributed by atoms with Crippen LogP contribution in [0.25, 0.3) is 32.2 Å². The summed E-state index contributed by atoms with van der Waals surface area (Å²) in [6, 6.07) is 9.01. The molecule has 5 aromatic rings. The van der Waals surface area contributed by atoms with Gasteiger partial charge in [-0.3, -0.25) is 19.2 Å². The number of rotatable bonds is 10. The van der Waals surface area contributed by atoms with Gasteiger partial charge in [0.25, 0.3) is 11.5 Å². The molecule has 0 radical (unpaired) electrons. The van der Waals surface area contributed by atoms with Gasteiger partial charge in [-0.25, -0.2) is 23.5 Å². The molecular weight excluding hydrogens is 676 g/mol. The Kier molecular flexibility index (Phi) is 9.52. The number of nitrogens with zero attached hydrogens (tertiary/aromatic N) is 7. The van der Waals surface area contributed by atoms with Gasteiger partial charge in [0.05, 0.1) is 46.0 Å². The lowest BCUT2D eigenvalue weighted by atomic mass is 10.0. The van der Waals surface area contributed by atoms with Gasteiger partial charge in [0.2, 0.25) is 0 Å². The Hall–Kier alpha value is -4.71. The molecule has 1 aliphatic heterocycles. The fourth-order valence-corrected chi connectivity index (χ4v) is 7.56.